The van der Waals surface area contributed by atoms with Gasteiger partial charge < -0.3 is 27.7 Å². The Balaban J connectivity index is 3.54. The van der Waals surface area contributed by atoms with Gasteiger partial charge in [-0.15, -0.1) is 0 Å². The lowest BCUT2D eigenvalue weighted by Gasteiger charge is -2.27. The van der Waals surface area contributed by atoms with Crippen LogP contribution in [0.3, 0.4) is 0 Å². The Labute approximate surface area is 245 Å². The number of hydrogen-bond acceptors (Lipinski definition) is 5. The Hall–Kier alpha value is -0.200. The van der Waals surface area contributed by atoms with Gasteiger partial charge in [-0.25, -0.2) is 0 Å². The predicted octanol–water partition coefficient (Wildman–Crippen LogP) is 9.19. The van der Waals surface area contributed by atoms with Gasteiger partial charge in [0.15, 0.2) is 0 Å². The first-order chi connectivity index (χ1) is 19.0. The lowest BCUT2D eigenvalue weighted by Crippen LogP contribution is -2.52. The molecule has 5 heteroatoms. The summed E-state index contributed by atoms with van der Waals surface area (Å²) in [6.07, 6.45) is 35.9. The maximum Gasteiger partial charge on any atom is 0.123 e. The second-order valence-corrected chi connectivity index (χ2v) is 12.5. The molecule has 5 nitrogen and oxygen atoms in total. The zero-order valence-corrected chi connectivity index (χ0v) is 26.8. The Kier molecular flexibility index (Phi) is 30.6. The molecule has 0 aliphatic carbocycles. The largest absolute Gasteiger partial charge is 0.342 e. The molecule has 0 aliphatic heterocycles. The van der Waals surface area contributed by atoms with E-state index in [1.54, 1.807) is 0 Å². The highest BCUT2D eigenvalue weighted by molar-refractivity contribution is 4.74. The zero-order valence-electron chi connectivity index (χ0n) is 26.8. The van der Waals surface area contributed by atoms with Gasteiger partial charge in [0.2, 0.25) is 0 Å². The first-order valence-corrected chi connectivity index (χ1v) is 17.7. The van der Waals surface area contributed by atoms with Crippen molar-refractivity contribution in [1.82, 2.24) is 0 Å². The predicted molar refractivity (Wildman–Crippen MR) is 174 cm³/mol. The number of ether oxygens (including phenoxy) is 1. The van der Waals surface area contributed by atoms with E-state index in [9.17, 15) is 0 Å². The monoisotopic (exact) mass is 555 g/mol. The lowest BCUT2D eigenvalue weighted by atomic mass is 10.0. The molecule has 0 aromatic heterocycles. The zero-order chi connectivity index (χ0) is 28.8. The van der Waals surface area contributed by atoms with Gasteiger partial charge in [-0.1, -0.05) is 181 Å². The van der Waals surface area contributed by atoms with Crippen molar-refractivity contribution < 1.29 is 4.74 Å². The summed E-state index contributed by atoms with van der Waals surface area (Å²) in [5, 5.41) is 0. The molecule has 0 heterocycles. The summed E-state index contributed by atoms with van der Waals surface area (Å²) in [6, 6.07) is -0.348. The summed E-state index contributed by atoms with van der Waals surface area (Å²) in [4.78, 5) is 0. The maximum absolute atomic E-state index is 6.28. The van der Waals surface area contributed by atoms with Crippen LogP contribution < -0.4 is 22.9 Å². The Morgan fingerprint density at radius 1 is 0.333 bits per heavy atom. The van der Waals surface area contributed by atoms with Gasteiger partial charge in [0.1, 0.15) is 12.5 Å². The van der Waals surface area contributed by atoms with Gasteiger partial charge in [-0.3, -0.25) is 0 Å². The first kappa shape index (κ1) is 38.8. The SMILES string of the molecule is CCCCCCCCCCCCCCCC(N)C(N)OC(N)C(N)CCCCCCCCCCCCCCC. The van der Waals surface area contributed by atoms with Gasteiger partial charge in [0, 0.05) is 12.1 Å². The van der Waals surface area contributed by atoms with Crippen molar-refractivity contribution in [2.75, 3.05) is 0 Å². The molecule has 39 heavy (non-hydrogen) atoms. The van der Waals surface area contributed by atoms with Crippen LogP contribution in [-0.2, 0) is 4.74 Å². The number of unbranched alkanes of at least 4 members (excludes halogenated alkanes) is 24. The molecule has 236 valence electrons. The summed E-state index contributed by atoms with van der Waals surface area (Å²) in [7, 11) is 0. The number of nitrogens with two attached hydrogens (primary N) is 4. The van der Waals surface area contributed by atoms with E-state index in [1.165, 1.54) is 154 Å². The van der Waals surface area contributed by atoms with E-state index in [4.69, 9.17) is 27.7 Å². The summed E-state index contributed by atoms with van der Waals surface area (Å²) in [5.41, 5.74) is 25.0. The molecule has 0 rings (SSSR count). The highest BCUT2D eigenvalue weighted by atomic mass is 16.5. The first-order valence-electron chi connectivity index (χ1n) is 17.7. The van der Waals surface area contributed by atoms with E-state index in [-0.39, 0.29) is 12.1 Å². The van der Waals surface area contributed by atoms with Gasteiger partial charge in [-0.05, 0) is 12.8 Å². The van der Waals surface area contributed by atoms with E-state index in [0.29, 0.717) is 0 Å². The van der Waals surface area contributed by atoms with Gasteiger partial charge in [-0.2, -0.15) is 0 Å². The normalized spacial score (nSPS) is 14.9. The fourth-order valence-electron chi connectivity index (χ4n) is 5.51. The highest BCUT2D eigenvalue weighted by Crippen LogP contribution is 2.16. The van der Waals surface area contributed by atoms with Crippen molar-refractivity contribution in [3.8, 4) is 0 Å². The third-order valence-electron chi connectivity index (χ3n) is 8.44. The fourth-order valence-corrected chi connectivity index (χ4v) is 5.51. The summed E-state index contributed by atoms with van der Waals surface area (Å²) in [6.45, 7) is 4.56. The van der Waals surface area contributed by atoms with Crippen LogP contribution in [0.4, 0.5) is 0 Å². The summed E-state index contributed by atoms with van der Waals surface area (Å²) in [5.74, 6) is 0. The molecule has 0 radical (unpaired) electrons. The van der Waals surface area contributed by atoms with Crippen LogP contribution in [-0.4, -0.2) is 24.5 Å². The van der Waals surface area contributed by atoms with Crippen LogP contribution >= 0.6 is 0 Å². The van der Waals surface area contributed by atoms with Gasteiger partial charge in [0.05, 0.1) is 0 Å². The van der Waals surface area contributed by atoms with Crippen molar-refractivity contribution in [2.45, 2.75) is 218 Å². The van der Waals surface area contributed by atoms with E-state index in [0.717, 1.165) is 25.7 Å². The van der Waals surface area contributed by atoms with E-state index < -0.39 is 12.5 Å². The minimum absolute atomic E-state index is 0.174. The summed E-state index contributed by atoms with van der Waals surface area (Å²) < 4.78 is 5.81. The lowest BCUT2D eigenvalue weighted by molar-refractivity contribution is -0.0332. The minimum atomic E-state index is -0.532. The second kappa shape index (κ2) is 30.8. The van der Waals surface area contributed by atoms with Crippen molar-refractivity contribution in [2.24, 2.45) is 22.9 Å². The second-order valence-electron chi connectivity index (χ2n) is 12.5. The molecule has 4 atom stereocenters. The molecule has 0 amide bonds. The summed E-state index contributed by atoms with van der Waals surface area (Å²) >= 11 is 0. The van der Waals surface area contributed by atoms with Crippen LogP contribution in [0.2, 0.25) is 0 Å². The third kappa shape index (κ3) is 27.7. The van der Waals surface area contributed by atoms with Crippen molar-refractivity contribution in [3.05, 3.63) is 0 Å². The van der Waals surface area contributed by atoms with Crippen LogP contribution in [0.25, 0.3) is 0 Å². The smallest absolute Gasteiger partial charge is 0.123 e. The molecule has 0 saturated heterocycles. The maximum atomic E-state index is 6.28. The Bertz CT molecular complexity index is 424. The minimum Gasteiger partial charge on any atom is -0.342 e. The molecule has 8 N–H and O–H groups in total. The van der Waals surface area contributed by atoms with Crippen LogP contribution in [0.5, 0.6) is 0 Å². The quantitative estimate of drug-likeness (QED) is 0.0489. The Morgan fingerprint density at radius 3 is 0.769 bits per heavy atom. The Morgan fingerprint density at radius 2 is 0.538 bits per heavy atom. The molecule has 0 bridgehead atoms. The topological polar surface area (TPSA) is 113 Å². The molecule has 4 unspecified atom stereocenters. The standard InChI is InChI=1S/C34H74N4O/c1-3-5-7-9-11-13-15-17-19-21-23-25-27-29-31(35)33(37)39-34(38)32(36)30-28-26-24-22-20-18-16-14-12-10-8-6-4-2/h31-34H,3-30,35-38H2,1-2H3. The van der Waals surface area contributed by atoms with Crippen molar-refractivity contribution in [1.29, 1.82) is 0 Å². The highest BCUT2D eigenvalue weighted by Gasteiger charge is 2.21. The fraction of sp³-hybridized carbons (Fsp3) is 1.00. The van der Waals surface area contributed by atoms with Gasteiger partial charge in [0.25, 0.3) is 0 Å². The molecule has 0 aromatic carbocycles. The molecule has 0 saturated carbocycles. The molecular weight excluding hydrogens is 480 g/mol. The van der Waals surface area contributed by atoms with E-state index in [1.807, 2.05) is 0 Å². The molecular formula is C34H74N4O. The average Bonchev–Trinajstić information content (AvgIpc) is 2.93. The molecule has 0 aliphatic rings. The van der Waals surface area contributed by atoms with E-state index in [2.05, 4.69) is 13.8 Å². The average molecular weight is 555 g/mol. The molecule has 0 spiro atoms. The van der Waals surface area contributed by atoms with Gasteiger partial charge >= 0.3 is 0 Å². The molecule has 0 aromatic rings. The third-order valence-corrected chi connectivity index (χ3v) is 8.44. The van der Waals surface area contributed by atoms with Crippen LogP contribution in [0.1, 0.15) is 194 Å². The molecule has 0 fully saturated rings. The van der Waals surface area contributed by atoms with Crippen molar-refractivity contribution >= 4 is 0 Å². The van der Waals surface area contributed by atoms with Crippen LogP contribution in [0, 0.1) is 0 Å². The number of hydrogen-bond donors (Lipinski definition) is 4. The van der Waals surface area contributed by atoms with Crippen LogP contribution in [0.15, 0.2) is 0 Å². The number of rotatable bonds is 32. The van der Waals surface area contributed by atoms with E-state index >= 15 is 0 Å². The van der Waals surface area contributed by atoms with Crippen molar-refractivity contribution in [3.63, 3.8) is 0 Å².